The van der Waals surface area contributed by atoms with Crippen LogP contribution in [0.15, 0.2) is 46.9 Å². The van der Waals surface area contributed by atoms with Gasteiger partial charge in [0.05, 0.1) is 12.5 Å². The van der Waals surface area contributed by atoms with Crippen LogP contribution in [0.5, 0.6) is 0 Å². The third-order valence-corrected chi connectivity index (χ3v) is 3.07. The van der Waals surface area contributed by atoms with Gasteiger partial charge in [0.25, 0.3) is 0 Å². The molecule has 90 valence electrons. The summed E-state index contributed by atoms with van der Waals surface area (Å²) in [5, 5.41) is 12.0. The fourth-order valence-electron chi connectivity index (χ4n) is 1.62. The van der Waals surface area contributed by atoms with Crippen LogP contribution in [0, 0.1) is 11.3 Å². The van der Waals surface area contributed by atoms with Crippen molar-refractivity contribution in [1.82, 2.24) is 0 Å². The Labute approximate surface area is 114 Å². The van der Waals surface area contributed by atoms with Crippen molar-refractivity contribution < 1.29 is 0 Å². The first kappa shape index (κ1) is 12.5. The lowest BCUT2D eigenvalue weighted by atomic mass is 10.1. The van der Waals surface area contributed by atoms with Gasteiger partial charge < -0.3 is 11.1 Å². The van der Waals surface area contributed by atoms with Crippen molar-refractivity contribution in [3.63, 3.8) is 0 Å². The summed E-state index contributed by atoms with van der Waals surface area (Å²) in [4.78, 5) is 0. The van der Waals surface area contributed by atoms with Gasteiger partial charge in [0.2, 0.25) is 0 Å². The number of nitrogens with one attached hydrogen (secondary N) is 1. The molecule has 0 bridgehead atoms. The van der Waals surface area contributed by atoms with Crippen LogP contribution in [0.4, 0.5) is 17.1 Å². The van der Waals surface area contributed by atoms with Gasteiger partial charge in [0, 0.05) is 21.5 Å². The number of nitrogens with zero attached hydrogens (tertiary/aromatic N) is 1. The quantitative estimate of drug-likeness (QED) is 0.847. The highest BCUT2D eigenvalue weighted by Crippen LogP contribution is 2.23. The minimum Gasteiger partial charge on any atom is -0.398 e. The van der Waals surface area contributed by atoms with Crippen LogP contribution in [0.3, 0.4) is 0 Å². The molecule has 0 radical (unpaired) electrons. The number of halogens is 1. The van der Waals surface area contributed by atoms with Gasteiger partial charge in [0.15, 0.2) is 0 Å². The van der Waals surface area contributed by atoms with Gasteiger partial charge in [0.1, 0.15) is 0 Å². The maximum atomic E-state index is 8.72. The predicted octanol–water partition coefficient (Wildman–Crippen LogP) is 3.84. The first-order valence-electron chi connectivity index (χ1n) is 5.47. The number of rotatable bonds is 3. The molecule has 0 unspecified atom stereocenters. The van der Waals surface area contributed by atoms with E-state index in [0.717, 1.165) is 21.4 Å². The Morgan fingerprint density at radius 1 is 1.11 bits per heavy atom. The molecular formula is C14H12BrN3. The molecule has 18 heavy (non-hydrogen) atoms. The Hall–Kier alpha value is -1.99. The molecule has 0 fully saturated rings. The minimum atomic E-state index is 0.321. The van der Waals surface area contributed by atoms with Gasteiger partial charge in [-0.3, -0.25) is 0 Å². The van der Waals surface area contributed by atoms with Gasteiger partial charge in [-0.1, -0.05) is 15.9 Å². The van der Waals surface area contributed by atoms with E-state index >= 15 is 0 Å². The fraction of sp³-hybridized carbons (Fsp3) is 0.0714. The molecule has 2 rings (SSSR count). The third-order valence-electron chi connectivity index (χ3n) is 2.55. The molecule has 0 heterocycles. The van der Waals surface area contributed by atoms with Crippen LogP contribution in [-0.4, -0.2) is 0 Å². The largest absolute Gasteiger partial charge is 0.398 e. The zero-order valence-corrected chi connectivity index (χ0v) is 11.2. The number of benzene rings is 2. The topological polar surface area (TPSA) is 61.8 Å². The van der Waals surface area contributed by atoms with E-state index in [4.69, 9.17) is 11.0 Å². The Bertz CT molecular complexity index is 585. The lowest BCUT2D eigenvalue weighted by molar-refractivity contribution is 1.27. The van der Waals surface area contributed by atoms with Crippen molar-refractivity contribution in [3.8, 4) is 6.07 Å². The smallest absolute Gasteiger partial charge is 0.0670 e. The second kappa shape index (κ2) is 5.56. The van der Waals surface area contributed by atoms with E-state index in [1.807, 2.05) is 42.5 Å². The van der Waals surface area contributed by atoms with Crippen LogP contribution in [-0.2, 0) is 6.42 Å². The van der Waals surface area contributed by atoms with E-state index in [1.54, 1.807) is 0 Å². The van der Waals surface area contributed by atoms with Crippen molar-refractivity contribution in [2.75, 3.05) is 11.1 Å². The van der Waals surface area contributed by atoms with Crippen molar-refractivity contribution in [2.24, 2.45) is 0 Å². The van der Waals surface area contributed by atoms with Crippen LogP contribution in [0.1, 0.15) is 5.56 Å². The summed E-state index contributed by atoms with van der Waals surface area (Å²) >= 11 is 3.39. The zero-order chi connectivity index (χ0) is 13.0. The van der Waals surface area contributed by atoms with Crippen molar-refractivity contribution in [1.29, 1.82) is 5.26 Å². The van der Waals surface area contributed by atoms with E-state index in [9.17, 15) is 0 Å². The molecule has 0 saturated carbocycles. The molecule has 0 amide bonds. The van der Waals surface area contributed by atoms with Crippen LogP contribution in [0.25, 0.3) is 0 Å². The van der Waals surface area contributed by atoms with Crippen LogP contribution in [0.2, 0.25) is 0 Å². The molecular weight excluding hydrogens is 290 g/mol. The molecule has 2 aromatic carbocycles. The maximum Gasteiger partial charge on any atom is 0.0670 e. The molecule has 0 aliphatic rings. The molecule has 2 aromatic rings. The number of nitrogen functional groups attached to an aromatic ring is 1. The van der Waals surface area contributed by atoms with E-state index in [0.29, 0.717) is 12.1 Å². The van der Waals surface area contributed by atoms with Crippen molar-refractivity contribution in [2.45, 2.75) is 6.42 Å². The summed E-state index contributed by atoms with van der Waals surface area (Å²) in [5.74, 6) is 0. The number of hydrogen-bond donors (Lipinski definition) is 2. The summed E-state index contributed by atoms with van der Waals surface area (Å²) in [6, 6.07) is 15.6. The lowest BCUT2D eigenvalue weighted by Crippen LogP contribution is -1.96. The van der Waals surface area contributed by atoms with Crippen molar-refractivity contribution >= 4 is 33.0 Å². The van der Waals surface area contributed by atoms with Gasteiger partial charge in [-0.05, 0) is 48.0 Å². The van der Waals surface area contributed by atoms with E-state index in [2.05, 4.69) is 27.3 Å². The molecule has 0 saturated heterocycles. The van der Waals surface area contributed by atoms with E-state index < -0.39 is 0 Å². The SMILES string of the molecule is N#CCc1cc(Nc2ccc(Br)cc2)ccc1N. The number of nitrogens with two attached hydrogens (primary N) is 1. The zero-order valence-electron chi connectivity index (χ0n) is 9.65. The normalized spacial score (nSPS) is 9.78. The highest BCUT2D eigenvalue weighted by Gasteiger charge is 2.01. The maximum absolute atomic E-state index is 8.72. The molecule has 3 nitrogen and oxygen atoms in total. The summed E-state index contributed by atoms with van der Waals surface area (Å²) in [6.07, 6.45) is 0.321. The van der Waals surface area contributed by atoms with E-state index in [-0.39, 0.29) is 0 Å². The van der Waals surface area contributed by atoms with Gasteiger partial charge >= 0.3 is 0 Å². The van der Waals surface area contributed by atoms with E-state index in [1.165, 1.54) is 0 Å². The summed E-state index contributed by atoms with van der Waals surface area (Å²) in [7, 11) is 0. The average Bonchev–Trinajstić information content (AvgIpc) is 2.37. The van der Waals surface area contributed by atoms with Crippen LogP contribution >= 0.6 is 15.9 Å². The van der Waals surface area contributed by atoms with Crippen molar-refractivity contribution in [3.05, 3.63) is 52.5 Å². The molecule has 0 aliphatic heterocycles. The predicted molar refractivity (Wildman–Crippen MR) is 77.6 cm³/mol. The molecule has 0 spiro atoms. The summed E-state index contributed by atoms with van der Waals surface area (Å²) in [6.45, 7) is 0. The molecule has 0 atom stereocenters. The lowest BCUT2D eigenvalue weighted by Gasteiger charge is -2.09. The fourth-order valence-corrected chi connectivity index (χ4v) is 1.89. The third kappa shape index (κ3) is 3.02. The second-order valence-electron chi connectivity index (χ2n) is 3.88. The summed E-state index contributed by atoms with van der Waals surface area (Å²) < 4.78 is 1.04. The van der Waals surface area contributed by atoms with Gasteiger partial charge in [-0.25, -0.2) is 0 Å². The van der Waals surface area contributed by atoms with Gasteiger partial charge in [-0.2, -0.15) is 5.26 Å². The number of anilines is 3. The monoisotopic (exact) mass is 301 g/mol. The first-order chi connectivity index (χ1) is 8.69. The number of nitriles is 1. The standard InChI is InChI=1S/C14H12BrN3/c15-11-1-3-12(4-2-11)18-13-5-6-14(17)10(9-13)7-8-16/h1-6,9,18H,7,17H2. The molecule has 0 aliphatic carbocycles. The second-order valence-corrected chi connectivity index (χ2v) is 4.80. The van der Waals surface area contributed by atoms with Gasteiger partial charge in [-0.15, -0.1) is 0 Å². The first-order valence-corrected chi connectivity index (χ1v) is 6.26. The highest BCUT2D eigenvalue weighted by atomic mass is 79.9. The molecule has 4 heteroatoms. The molecule has 3 N–H and O–H groups in total. The molecule has 0 aromatic heterocycles. The Morgan fingerprint density at radius 2 is 1.78 bits per heavy atom. The Morgan fingerprint density at radius 3 is 2.44 bits per heavy atom. The van der Waals surface area contributed by atoms with Crippen LogP contribution < -0.4 is 11.1 Å². The Kier molecular flexibility index (Phi) is 3.85. The average molecular weight is 302 g/mol. The number of hydrogen-bond acceptors (Lipinski definition) is 3. The highest BCUT2D eigenvalue weighted by molar-refractivity contribution is 9.10. The Balaban J connectivity index is 2.22. The minimum absolute atomic E-state index is 0.321. The summed E-state index contributed by atoms with van der Waals surface area (Å²) in [5.41, 5.74) is 9.22.